The highest BCUT2D eigenvalue weighted by molar-refractivity contribution is 6.07. The molecule has 0 aliphatic heterocycles. The number of aliphatic imine (C=N–C) groups is 1. The summed E-state index contributed by atoms with van der Waals surface area (Å²) in [7, 11) is 0. The standard InChI is InChI=1S/C17H27N3O2/c1-5-20(6-2)13-12-18-17(19-14(4)21)15-8-10-16(11-9-15)22-7-3/h8-11H,5-7,12-13H2,1-4H3,(H,18,19,21). The molecule has 0 aromatic heterocycles. The zero-order valence-electron chi connectivity index (χ0n) is 14.1. The highest BCUT2D eigenvalue weighted by Crippen LogP contribution is 2.12. The molecule has 0 spiro atoms. The van der Waals surface area contributed by atoms with Gasteiger partial charge in [0.25, 0.3) is 0 Å². The van der Waals surface area contributed by atoms with Crippen LogP contribution in [0.3, 0.4) is 0 Å². The van der Waals surface area contributed by atoms with E-state index in [1.54, 1.807) is 0 Å². The van der Waals surface area contributed by atoms with Crippen molar-refractivity contribution in [1.29, 1.82) is 0 Å². The van der Waals surface area contributed by atoms with Gasteiger partial charge >= 0.3 is 0 Å². The van der Waals surface area contributed by atoms with Crippen LogP contribution >= 0.6 is 0 Å². The Hall–Kier alpha value is -1.88. The second kappa shape index (κ2) is 9.95. The zero-order valence-corrected chi connectivity index (χ0v) is 14.1. The predicted molar refractivity (Wildman–Crippen MR) is 90.6 cm³/mol. The first-order chi connectivity index (χ1) is 10.6. The number of benzene rings is 1. The van der Waals surface area contributed by atoms with Gasteiger partial charge in [0.2, 0.25) is 5.91 Å². The molecule has 0 saturated heterocycles. The number of nitrogens with one attached hydrogen (secondary N) is 1. The Bertz CT molecular complexity index is 479. The quantitative estimate of drug-likeness (QED) is 0.592. The number of nitrogens with zero attached hydrogens (tertiary/aromatic N) is 2. The second-order valence-corrected chi connectivity index (χ2v) is 4.90. The number of likely N-dealkylation sites (N-methyl/N-ethyl adjacent to an activating group) is 1. The average molecular weight is 305 g/mol. The SMILES string of the molecule is CCOc1ccc(C(=NCCN(CC)CC)NC(C)=O)cc1. The van der Waals surface area contributed by atoms with Gasteiger partial charge in [-0.05, 0) is 44.3 Å². The molecule has 0 heterocycles. The maximum Gasteiger partial charge on any atom is 0.222 e. The summed E-state index contributed by atoms with van der Waals surface area (Å²) in [6.45, 7) is 11.9. The van der Waals surface area contributed by atoms with E-state index in [1.807, 2.05) is 31.2 Å². The molecule has 0 aliphatic carbocycles. The molecular formula is C17H27N3O2. The molecule has 0 bridgehead atoms. The van der Waals surface area contributed by atoms with Gasteiger partial charge in [-0.25, -0.2) is 0 Å². The van der Waals surface area contributed by atoms with Gasteiger partial charge in [-0.15, -0.1) is 0 Å². The molecule has 0 aliphatic rings. The van der Waals surface area contributed by atoms with Crippen molar-refractivity contribution in [3.63, 3.8) is 0 Å². The molecule has 22 heavy (non-hydrogen) atoms. The molecule has 5 heteroatoms. The predicted octanol–water partition coefficient (Wildman–Crippen LogP) is 2.31. The molecule has 0 unspecified atom stereocenters. The summed E-state index contributed by atoms with van der Waals surface area (Å²) >= 11 is 0. The van der Waals surface area contributed by atoms with Crippen LogP contribution in [0.4, 0.5) is 0 Å². The van der Waals surface area contributed by atoms with Gasteiger partial charge < -0.3 is 15.0 Å². The first-order valence-electron chi connectivity index (χ1n) is 7.88. The van der Waals surface area contributed by atoms with E-state index in [-0.39, 0.29) is 5.91 Å². The van der Waals surface area contributed by atoms with Crippen LogP contribution in [0, 0.1) is 0 Å². The van der Waals surface area contributed by atoms with Crippen LogP contribution in [-0.4, -0.2) is 49.4 Å². The zero-order chi connectivity index (χ0) is 16.4. The van der Waals surface area contributed by atoms with Gasteiger partial charge in [0.05, 0.1) is 13.2 Å². The van der Waals surface area contributed by atoms with Gasteiger partial charge in [-0.2, -0.15) is 0 Å². The Morgan fingerprint density at radius 2 is 1.82 bits per heavy atom. The van der Waals surface area contributed by atoms with Crippen LogP contribution in [0.2, 0.25) is 0 Å². The molecule has 1 aromatic rings. The van der Waals surface area contributed by atoms with Gasteiger partial charge in [0.15, 0.2) is 0 Å². The summed E-state index contributed by atoms with van der Waals surface area (Å²) < 4.78 is 5.43. The molecule has 0 radical (unpaired) electrons. The first kappa shape index (κ1) is 18.2. The van der Waals surface area contributed by atoms with E-state index < -0.39 is 0 Å². The monoisotopic (exact) mass is 305 g/mol. The van der Waals surface area contributed by atoms with Gasteiger partial charge in [-0.3, -0.25) is 9.79 Å². The van der Waals surface area contributed by atoms with Crippen molar-refractivity contribution in [2.45, 2.75) is 27.7 Å². The lowest BCUT2D eigenvalue weighted by atomic mass is 10.2. The highest BCUT2D eigenvalue weighted by Gasteiger charge is 2.06. The fourth-order valence-corrected chi connectivity index (χ4v) is 2.09. The van der Waals surface area contributed by atoms with Crippen LogP contribution in [0.25, 0.3) is 0 Å². The van der Waals surface area contributed by atoms with E-state index >= 15 is 0 Å². The van der Waals surface area contributed by atoms with E-state index in [1.165, 1.54) is 6.92 Å². The number of rotatable bonds is 8. The largest absolute Gasteiger partial charge is 0.494 e. The van der Waals surface area contributed by atoms with Crippen LogP contribution in [0.5, 0.6) is 5.75 Å². The van der Waals surface area contributed by atoms with Crippen molar-refractivity contribution >= 4 is 11.7 Å². The third-order valence-corrected chi connectivity index (χ3v) is 3.31. The van der Waals surface area contributed by atoms with E-state index in [9.17, 15) is 4.79 Å². The van der Waals surface area contributed by atoms with E-state index in [2.05, 4.69) is 29.1 Å². The molecule has 5 nitrogen and oxygen atoms in total. The molecule has 0 fully saturated rings. The number of amides is 1. The van der Waals surface area contributed by atoms with Crippen LogP contribution in [0.15, 0.2) is 29.3 Å². The Balaban J connectivity index is 2.80. The number of hydrogen-bond donors (Lipinski definition) is 1. The molecule has 122 valence electrons. The lowest BCUT2D eigenvalue weighted by molar-refractivity contribution is -0.117. The molecular weight excluding hydrogens is 278 g/mol. The van der Waals surface area contributed by atoms with E-state index in [0.29, 0.717) is 19.0 Å². The Labute approximate surface area is 133 Å². The summed E-state index contributed by atoms with van der Waals surface area (Å²) in [5, 5.41) is 2.81. The lowest BCUT2D eigenvalue weighted by Crippen LogP contribution is -2.31. The van der Waals surface area contributed by atoms with Crippen LogP contribution in [-0.2, 0) is 4.79 Å². The number of ether oxygens (including phenoxy) is 1. The third kappa shape index (κ3) is 6.26. The highest BCUT2D eigenvalue weighted by atomic mass is 16.5. The molecule has 1 rings (SSSR count). The van der Waals surface area contributed by atoms with E-state index in [0.717, 1.165) is 30.9 Å². The summed E-state index contributed by atoms with van der Waals surface area (Å²) in [6, 6.07) is 7.61. The summed E-state index contributed by atoms with van der Waals surface area (Å²) in [5.74, 6) is 1.31. The number of hydrogen-bond acceptors (Lipinski definition) is 4. The second-order valence-electron chi connectivity index (χ2n) is 4.90. The maximum absolute atomic E-state index is 11.4. The first-order valence-corrected chi connectivity index (χ1v) is 7.88. The molecule has 1 amide bonds. The Morgan fingerprint density at radius 1 is 1.18 bits per heavy atom. The minimum atomic E-state index is -0.115. The fraction of sp³-hybridized carbons (Fsp3) is 0.529. The van der Waals surface area contributed by atoms with Crippen LogP contribution < -0.4 is 10.1 Å². The summed E-state index contributed by atoms with van der Waals surface area (Å²) in [4.78, 5) is 18.2. The number of carbonyl (C=O) groups excluding carboxylic acids is 1. The number of carbonyl (C=O) groups is 1. The minimum absolute atomic E-state index is 0.115. The Kier molecular flexibility index (Phi) is 8.22. The van der Waals surface area contributed by atoms with Gasteiger partial charge in [0, 0.05) is 19.0 Å². The lowest BCUT2D eigenvalue weighted by Gasteiger charge is -2.16. The maximum atomic E-state index is 11.4. The Morgan fingerprint density at radius 3 is 2.32 bits per heavy atom. The van der Waals surface area contributed by atoms with Gasteiger partial charge in [-0.1, -0.05) is 13.8 Å². The van der Waals surface area contributed by atoms with Crippen molar-refractivity contribution in [2.75, 3.05) is 32.8 Å². The smallest absolute Gasteiger partial charge is 0.222 e. The van der Waals surface area contributed by atoms with Crippen LogP contribution in [0.1, 0.15) is 33.3 Å². The average Bonchev–Trinajstić information content (AvgIpc) is 2.51. The number of amidine groups is 1. The molecule has 1 N–H and O–H groups in total. The minimum Gasteiger partial charge on any atom is -0.494 e. The van der Waals surface area contributed by atoms with Crippen molar-refractivity contribution in [2.24, 2.45) is 4.99 Å². The molecule has 0 saturated carbocycles. The third-order valence-electron chi connectivity index (χ3n) is 3.31. The normalized spacial score (nSPS) is 11.6. The van der Waals surface area contributed by atoms with Gasteiger partial charge in [0.1, 0.15) is 11.6 Å². The van der Waals surface area contributed by atoms with Crippen molar-refractivity contribution in [3.8, 4) is 5.75 Å². The van der Waals surface area contributed by atoms with Crippen molar-refractivity contribution in [3.05, 3.63) is 29.8 Å². The molecule has 0 atom stereocenters. The van der Waals surface area contributed by atoms with E-state index in [4.69, 9.17) is 4.74 Å². The summed E-state index contributed by atoms with van der Waals surface area (Å²) in [6.07, 6.45) is 0. The van der Waals surface area contributed by atoms with Crippen molar-refractivity contribution in [1.82, 2.24) is 10.2 Å². The van der Waals surface area contributed by atoms with Crippen molar-refractivity contribution < 1.29 is 9.53 Å². The summed E-state index contributed by atoms with van der Waals surface area (Å²) in [5.41, 5.74) is 0.887. The fourth-order valence-electron chi connectivity index (χ4n) is 2.09. The topological polar surface area (TPSA) is 53.9 Å². The molecule has 1 aromatic carbocycles.